The zero-order valence-corrected chi connectivity index (χ0v) is 23.5. The summed E-state index contributed by atoms with van der Waals surface area (Å²) in [4.78, 5) is 2.50. The lowest BCUT2D eigenvalue weighted by atomic mass is 9.91. The van der Waals surface area contributed by atoms with E-state index >= 15 is 0 Å². The normalized spacial score (nSPS) is 24.2. The molecule has 5 heteroatoms. The molecule has 0 aromatic heterocycles. The first-order valence-electron chi connectivity index (χ1n) is 14.7. The van der Waals surface area contributed by atoms with Crippen molar-refractivity contribution in [1.82, 2.24) is 4.90 Å². The molecule has 0 amide bonds. The third-order valence-electron chi connectivity index (χ3n) is 8.13. The van der Waals surface area contributed by atoms with Gasteiger partial charge in [0.2, 0.25) is 0 Å². The maximum Gasteiger partial charge on any atom is 0.113 e. The fourth-order valence-electron chi connectivity index (χ4n) is 6.03. The molecular formula is C36H39NO4. The fraction of sp³-hybridized carbons (Fsp3) is 0.333. The van der Waals surface area contributed by atoms with Crippen LogP contribution in [0.25, 0.3) is 0 Å². The predicted octanol–water partition coefficient (Wildman–Crippen LogP) is 6.42. The largest absolute Gasteiger partial charge is 0.372 e. The minimum absolute atomic E-state index is 0.0499. The van der Waals surface area contributed by atoms with Crippen LogP contribution in [0.15, 0.2) is 121 Å². The minimum Gasteiger partial charge on any atom is -0.372 e. The van der Waals surface area contributed by atoms with Gasteiger partial charge in [0.15, 0.2) is 0 Å². The molecule has 4 aromatic carbocycles. The topological polar surface area (TPSA) is 40.2 Å². The number of fused-ring (bicyclic) bond motifs is 1. The number of rotatable bonds is 12. The number of benzene rings is 4. The highest BCUT2D eigenvalue weighted by Gasteiger charge is 2.52. The van der Waals surface area contributed by atoms with Crippen LogP contribution in [0.1, 0.15) is 28.7 Å². The summed E-state index contributed by atoms with van der Waals surface area (Å²) in [5, 5.41) is 0. The van der Waals surface area contributed by atoms with Gasteiger partial charge in [-0.1, -0.05) is 121 Å². The van der Waals surface area contributed by atoms with Crippen molar-refractivity contribution in [2.75, 3.05) is 13.1 Å². The molecule has 4 aromatic rings. The van der Waals surface area contributed by atoms with Gasteiger partial charge in [-0.25, -0.2) is 0 Å². The molecule has 212 valence electrons. The molecular weight excluding hydrogens is 510 g/mol. The van der Waals surface area contributed by atoms with Crippen LogP contribution in [0.4, 0.5) is 0 Å². The van der Waals surface area contributed by atoms with Crippen LogP contribution in [0, 0.1) is 0 Å². The summed E-state index contributed by atoms with van der Waals surface area (Å²) in [6, 6.07) is 41.6. The third-order valence-corrected chi connectivity index (χ3v) is 8.13. The second-order valence-electron chi connectivity index (χ2n) is 11.0. The number of nitrogens with zero attached hydrogens (tertiary/aromatic N) is 1. The Morgan fingerprint density at radius 1 is 0.463 bits per heavy atom. The van der Waals surface area contributed by atoms with E-state index in [1.807, 2.05) is 24.3 Å². The molecule has 0 radical (unpaired) electrons. The van der Waals surface area contributed by atoms with Crippen molar-refractivity contribution in [3.05, 3.63) is 144 Å². The van der Waals surface area contributed by atoms with E-state index in [1.54, 1.807) is 0 Å². The van der Waals surface area contributed by atoms with E-state index in [2.05, 4.69) is 102 Å². The van der Waals surface area contributed by atoms with Crippen molar-refractivity contribution in [3.63, 3.8) is 0 Å². The van der Waals surface area contributed by atoms with Gasteiger partial charge in [0.1, 0.15) is 12.2 Å². The molecule has 0 aliphatic carbocycles. The summed E-state index contributed by atoms with van der Waals surface area (Å²) < 4.78 is 26.8. The van der Waals surface area contributed by atoms with E-state index < -0.39 is 0 Å². The van der Waals surface area contributed by atoms with Gasteiger partial charge in [-0.05, 0) is 28.7 Å². The average Bonchev–Trinajstić information content (AvgIpc) is 3.45. The predicted molar refractivity (Wildman–Crippen MR) is 160 cm³/mol. The minimum atomic E-state index is -0.246. The monoisotopic (exact) mass is 549 g/mol. The fourth-order valence-corrected chi connectivity index (χ4v) is 6.03. The summed E-state index contributed by atoms with van der Waals surface area (Å²) >= 11 is 0. The molecule has 2 aliphatic heterocycles. The smallest absolute Gasteiger partial charge is 0.113 e. The Morgan fingerprint density at radius 2 is 0.854 bits per heavy atom. The maximum absolute atomic E-state index is 6.82. The zero-order valence-electron chi connectivity index (χ0n) is 23.5. The van der Waals surface area contributed by atoms with Crippen LogP contribution in [0.3, 0.4) is 0 Å². The molecule has 2 heterocycles. The van der Waals surface area contributed by atoms with E-state index in [9.17, 15) is 0 Å². The van der Waals surface area contributed by atoms with Gasteiger partial charge in [-0.15, -0.1) is 0 Å². The molecule has 6 rings (SSSR count). The first-order valence-corrected chi connectivity index (χ1v) is 14.7. The quantitative estimate of drug-likeness (QED) is 0.204. The summed E-state index contributed by atoms with van der Waals surface area (Å²) in [6.07, 6.45) is 0.415. The lowest BCUT2D eigenvalue weighted by molar-refractivity contribution is -0.208. The Kier molecular flexibility index (Phi) is 9.53. The summed E-state index contributed by atoms with van der Waals surface area (Å²) in [5.41, 5.74) is 4.63. The van der Waals surface area contributed by atoms with E-state index in [4.69, 9.17) is 18.9 Å². The Hall–Kier alpha value is -3.32. The lowest BCUT2D eigenvalue weighted by Crippen LogP contribution is -2.63. The number of hydrogen-bond acceptors (Lipinski definition) is 5. The number of piperidine rings is 1. The zero-order chi connectivity index (χ0) is 27.7. The van der Waals surface area contributed by atoms with Gasteiger partial charge >= 0.3 is 0 Å². The van der Waals surface area contributed by atoms with E-state index in [-0.39, 0.29) is 30.5 Å². The van der Waals surface area contributed by atoms with Crippen LogP contribution in [0.2, 0.25) is 0 Å². The molecule has 5 nitrogen and oxygen atoms in total. The van der Waals surface area contributed by atoms with Gasteiger partial charge < -0.3 is 18.9 Å². The molecule has 5 atom stereocenters. The highest BCUT2D eigenvalue weighted by molar-refractivity contribution is 5.17. The first-order chi connectivity index (χ1) is 20.3. The van der Waals surface area contributed by atoms with Crippen LogP contribution < -0.4 is 0 Å². The van der Waals surface area contributed by atoms with Gasteiger partial charge in [-0.3, -0.25) is 4.90 Å². The van der Waals surface area contributed by atoms with Crippen molar-refractivity contribution in [2.24, 2.45) is 0 Å². The SMILES string of the molecule is c1ccc(CO[C@H]2[C@H](OCc3ccccc3)[C@@H](OCc3ccccc3)CN3CC[C@H](OCc4ccccc4)[C@H]23)cc1. The maximum atomic E-state index is 6.82. The lowest BCUT2D eigenvalue weighted by Gasteiger charge is -2.47. The van der Waals surface area contributed by atoms with Crippen LogP contribution >= 0.6 is 0 Å². The highest BCUT2D eigenvalue weighted by atomic mass is 16.6. The van der Waals surface area contributed by atoms with Crippen molar-refractivity contribution in [2.45, 2.75) is 63.3 Å². The summed E-state index contributed by atoms with van der Waals surface area (Å²) in [7, 11) is 0. The third kappa shape index (κ3) is 7.31. The molecule has 0 spiro atoms. The average molecular weight is 550 g/mol. The van der Waals surface area contributed by atoms with Gasteiger partial charge in [0.05, 0.1) is 44.7 Å². The van der Waals surface area contributed by atoms with Crippen molar-refractivity contribution < 1.29 is 18.9 Å². The Balaban J connectivity index is 1.25. The van der Waals surface area contributed by atoms with E-state index in [1.165, 1.54) is 5.56 Å². The van der Waals surface area contributed by atoms with E-state index in [0.29, 0.717) is 26.4 Å². The van der Waals surface area contributed by atoms with Crippen LogP contribution in [-0.4, -0.2) is 48.4 Å². The number of hydrogen-bond donors (Lipinski definition) is 0. The van der Waals surface area contributed by atoms with Crippen LogP contribution in [-0.2, 0) is 45.4 Å². The molecule has 0 bridgehead atoms. The standard InChI is InChI=1S/C36H39NO4/c1-5-13-28(14-6-1)24-38-32-21-22-37-23-33(39-25-29-15-7-2-8-16-29)35(40-26-30-17-9-3-10-18-30)36(34(32)37)41-27-31-19-11-4-12-20-31/h1-20,32-36H,21-27H2/t32-,33-,34+,35+,36+/m0/s1. The molecule has 41 heavy (non-hydrogen) atoms. The first kappa shape index (κ1) is 27.8. The Labute approximate surface area is 243 Å². The van der Waals surface area contributed by atoms with Gasteiger partial charge in [0.25, 0.3) is 0 Å². The molecule has 2 fully saturated rings. The molecule has 0 N–H and O–H groups in total. The van der Waals surface area contributed by atoms with Gasteiger partial charge in [0, 0.05) is 13.1 Å². The summed E-state index contributed by atoms with van der Waals surface area (Å²) in [5.74, 6) is 0. The second kappa shape index (κ2) is 14.0. The van der Waals surface area contributed by atoms with E-state index in [0.717, 1.165) is 36.2 Å². The Morgan fingerprint density at radius 3 is 1.32 bits per heavy atom. The molecule has 0 unspecified atom stereocenters. The molecule has 2 aliphatic rings. The Bertz CT molecular complexity index is 1300. The van der Waals surface area contributed by atoms with Crippen molar-refractivity contribution in [3.8, 4) is 0 Å². The highest BCUT2D eigenvalue weighted by Crippen LogP contribution is 2.36. The second-order valence-corrected chi connectivity index (χ2v) is 11.0. The van der Waals surface area contributed by atoms with Crippen LogP contribution in [0.5, 0.6) is 0 Å². The van der Waals surface area contributed by atoms with Gasteiger partial charge in [-0.2, -0.15) is 0 Å². The number of ether oxygens (including phenoxy) is 4. The summed E-state index contributed by atoms with van der Waals surface area (Å²) in [6.45, 7) is 3.88. The molecule has 0 saturated carbocycles. The van der Waals surface area contributed by atoms with Crippen molar-refractivity contribution in [1.29, 1.82) is 0 Å². The molecule has 2 saturated heterocycles. The van der Waals surface area contributed by atoms with Crippen molar-refractivity contribution >= 4 is 0 Å².